The first-order valence-corrected chi connectivity index (χ1v) is 8.61. The van der Waals surface area contributed by atoms with Crippen LogP contribution >= 0.6 is 0 Å². The van der Waals surface area contributed by atoms with E-state index in [2.05, 4.69) is 5.32 Å². The Morgan fingerprint density at radius 1 is 1.22 bits per heavy atom. The molecule has 0 aliphatic heterocycles. The lowest BCUT2D eigenvalue weighted by molar-refractivity contribution is -0.152. The number of carbonyl (C=O) groups excluding carboxylic acids is 3. The number of ether oxygens (including phenoxy) is 2. The maximum Gasteiger partial charge on any atom is 0.328 e. The van der Waals surface area contributed by atoms with Gasteiger partial charge in [-0.15, -0.1) is 0 Å². The first kappa shape index (κ1) is 22.3. The summed E-state index contributed by atoms with van der Waals surface area (Å²) >= 11 is 0. The number of phenolic OH excluding ortho intramolecular Hbond substituents is 1. The van der Waals surface area contributed by atoms with Crippen LogP contribution in [-0.4, -0.2) is 54.3 Å². The smallest absolute Gasteiger partial charge is 0.328 e. The Kier molecular flexibility index (Phi) is 9.15. The van der Waals surface area contributed by atoms with E-state index in [1.54, 1.807) is 26.0 Å². The van der Waals surface area contributed by atoms with Crippen LogP contribution in [0.15, 0.2) is 24.3 Å². The Labute approximate surface area is 158 Å². The zero-order valence-corrected chi connectivity index (χ0v) is 15.7. The van der Waals surface area contributed by atoms with Gasteiger partial charge < -0.3 is 25.3 Å². The molecule has 0 heterocycles. The normalized spacial score (nSPS) is 12.9. The molecule has 1 amide bonds. The second-order valence-corrected chi connectivity index (χ2v) is 6.29. The standard InChI is InChI=1S/C19H26N2O6/c1-12(2)27-19(25)16(9-8-15(23)11-20)21-18(24)17(26-3)10-13-4-6-14(22)7-5-13/h4-7,11-12,16-17,20,22H,8-10H2,1-3H3,(H,21,24)/t16-,17-/m0/s1. The third-order valence-electron chi connectivity index (χ3n) is 3.73. The van der Waals surface area contributed by atoms with Crippen LogP contribution in [0.2, 0.25) is 0 Å². The van der Waals surface area contributed by atoms with E-state index < -0.39 is 29.8 Å². The average Bonchev–Trinajstić information content (AvgIpc) is 2.63. The molecule has 27 heavy (non-hydrogen) atoms. The summed E-state index contributed by atoms with van der Waals surface area (Å²) in [5.41, 5.74) is 0.773. The molecule has 0 unspecified atom stereocenters. The van der Waals surface area contributed by atoms with E-state index in [0.717, 1.165) is 5.56 Å². The number of aromatic hydroxyl groups is 1. The summed E-state index contributed by atoms with van der Waals surface area (Å²) in [6, 6.07) is 5.34. The van der Waals surface area contributed by atoms with Crippen molar-refractivity contribution >= 4 is 23.9 Å². The minimum atomic E-state index is -1.01. The highest BCUT2D eigenvalue weighted by molar-refractivity contribution is 6.26. The fraction of sp³-hybridized carbons (Fsp3) is 0.474. The number of ketones is 1. The molecule has 0 spiro atoms. The summed E-state index contributed by atoms with van der Waals surface area (Å²) in [7, 11) is 1.38. The van der Waals surface area contributed by atoms with Crippen molar-refractivity contribution in [3.63, 3.8) is 0 Å². The van der Waals surface area contributed by atoms with Gasteiger partial charge in [-0.1, -0.05) is 12.1 Å². The molecular weight excluding hydrogens is 352 g/mol. The van der Waals surface area contributed by atoms with Gasteiger partial charge in [0, 0.05) is 20.0 Å². The molecule has 2 atom stereocenters. The molecule has 1 aromatic rings. The van der Waals surface area contributed by atoms with Crippen LogP contribution < -0.4 is 5.32 Å². The maximum atomic E-state index is 12.5. The molecular formula is C19H26N2O6. The van der Waals surface area contributed by atoms with Gasteiger partial charge in [-0.3, -0.25) is 9.59 Å². The average molecular weight is 378 g/mol. The molecule has 8 heteroatoms. The van der Waals surface area contributed by atoms with Crippen molar-refractivity contribution in [2.24, 2.45) is 0 Å². The Balaban J connectivity index is 2.80. The summed E-state index contributed by atoms with van der Waals surface area (Å²) < 4.78 is 10.4. The van der Waals surface area contributed by atoms with Crippen LogP contribution in [0, 0.1) is 5.41 Å². The van der Waals surface area contributed by atoms with Gasteiger partial charge in [0.1, 0.15) is 17.9 Å². The van der Waals surface area contributed by atoms with E-state index in [1.165, 1.54) is 19.2 Å². The van der Waals surface area contributed by atoms with E-state index in [0.29, 0.717) is 6.21 Å². The molecule has 1 rings (SSSR count). The van der Waals surface area contributed by atoms with Gasteiger partial charge in [0.25, 0.3) is 0 Å². The van der Waals surface area contributed by atoms with Gasteiger partial charge >= 0.3 is 5.97 Å². The molecule has 8 nitrogen and oxygen atoms in total. The van der Waals surface area contributed by atoms with Crippen molar-refractivity contribution in [1.82, 2.24) is 5.32 Å². The highest BCUT2D eigenvalue weighted by Gasteiger charge is 2.27. The van der Waals surface area contributed by atoms with Gasteiger partial charge in [0.05, 0.1) is 12.3 Å². The second-order valence-electron chi connectivity index (χ2n) is 6.29. The van der Waals surface area contributed by atoms with Gasteiger partial charge in [-0.05, 0) is 38.0 Å². The second kappa shape index (κ2) is 11.1. The summed E-state index contributed by atoms with van der Waals surface area (Å²) in [5.74, 6) is -1.49. The van der Waals surface area contributed by atoms with Crippen LogP contribution in [0.3, 0.4) is 0 Å². The number of amides is 1. The predicted molar refractivity (Wildman–Crippen MR) is 98.8 cm³/mol. The molecule has 0 saturated carbocycles. The zero-order valence-electron chi connectivity index (χ0n) is 15.7. The number of Topliss-reactive ketones (excluding diaryl/α,β-unsaturated/α-hetero) is 1. The van der Waals surface area contributed by atoms with Gasteiger partial charge in [0.2, 0.25) is 5.91 Å². The first-order chi connectivity index (χ1) is 12.8. The van der Waals surface area contributed by atoms with Crippen molar-refractivity contribution < 1.29 is 29.0 Å². The molecule has 3 N–H and O–H groups in total. The fourth-order valence-electron chi connectivity index (χ4n) is 2.32. The zero-order chi connectivity index (χ0) is 20.4. The topological polar surface area (TPSA) is 126 Å². The van der Waals surface area contributed by atoms with Crippen LogP contribution in [-0.2, 0) is 30.3 Å². The molecule has 1 aromatic carbocycles. The quantitative estimate of drug-likeness (QED) is 0.395. The molecule has 148 valence electrons. The monoisotopic (exact) mass is 378 g/mol. The molecule has 0 saturated heterocycles. The van der Waals surface area contributed by atoms with Crippen LogP contribution in [0.25, 0.3) is 0 Å². The SMILES string of the molecule is CO[C@@H](Cc1ccc(O)cc1)C(=O)N[C@@H](CCC(=O)C=N)C(=O)OC(C)C. The summed E-state index contributed by atoms with van der Waals surface area (Å²) in [4.78, 5) is 36.1. The lowest BCUT2D eigenvalue weighted by Crippen LogP contribution is -2.48. The molecule has 0 fully saturated rings. The number of hydrogen-bond acceptors (Lipinski definition) is 7. The Morgan fingerprint density at radius 2 is 1.85 bits per heavy atom. The van der Waals surface area contributed by atoms with E-state index in [1.807, 2.05) is 0 Å². The highest BCUT2D eigenvalue weighted by Crippen LogP contribution is 2.13. The molecule has 0 aromatic heterocycles. The maximum absolute atomic E-state index is 12.5. The Bertz CT molecular complexity index is 657. The molecule has 0 aliphatic carbocycles. The summed E-state index contributed by atoms with van der Waals surface area (Å²) in [6.45, 7) is 3.37. The summed E-state index contributed by atoms with van der Waals surface area (Å²) in [6.07, 6.45) is -0.338. The van der Waals surface area contributed by atoms with Crippen molar-refractivity contribution in [3.8, 4) is 5.75 Å². The number of esters is 1. The highest BCUT2D eigenvalue weighted by atomic mass is 16.5. The first-order valence-electron chi connectivity index (χ1n) is 8.61. The van der Waals surface area contributed by atoms with Crippen LogP contribution in [0.1, 0.15) is 32.3 Å². The van der Waals surface area contributed by atoms with E-state index in [-0.39, 0.29) is 31.1 Å². The number of rotatable bonds is 11. The van der Waals surface area contributed by atoms with E-state index >= 15 is 0 Å². The van der Waals surface area contributed by atoms with Crippen LogP contribution in [0.4, 0.5) is 0 Å². The molecule has 0 bridgehead atoms. The minimum Gasteiger partial charge on any atom is -0.508 e. The van der Waals surface area contributed by atoms with E-state index in [9.17, 15) is 19.5 Å². The van der Waals surface area contributed by atoms with Gasteiger partial charge in [-0.2, -0.15) is 0 Å². The number of nitrogens with one attached hydrogen (secondary N) is 2. The predicted octanol–water partition coefficient (Wildman–Crippen LogP) is 1.38. The minimum absolute atomic E-state index is 0.0289. The Hall–Kier alpha value is -2.74. The molecule has 0 radical (unpaired) electrons. The number of benzene rings is 1. The summed E-state index contributed by atoms with van der Waals surface area (Å²) in [5, 5.41) is 18.8. The van der Waals surface area contributed by atoms with Crippen molar-refractivity contribution in [3.05, 3.63) is 29.8 Å². The largest absolute Gasteiger partial charge is 0.508 e. The number of hydrogen-bond donors (Lipinski definition) is 3. The number of carbonyl (C=O) groups is 3. The lowest BCUT2D eigenvalue weighted by Gasteiger charge is -2.22. The van der Waals surface area contributed by atoms with Crippen molar-refractivity contribution in [2.45, 2.75) is 51.4 Å². The van der Waals surface area contributed by atoms with E-state index in [4.69, 9.17) is 14.9 Å². The van der Waals surface area contributed by atoms with Crippen molar-refractivity contribution in [1.29, 1.82) is 5.41 Å². The third kappa shape index (κ3) is 8.00. The van der Waals surface area contributed by atoms with Crippen molar-refractivity contribution in [2.75, 3.05) is 7.11 Å². The fourth-order valence-corrected chi connectivity index (χ4v) is 2.32. The van der Waals surface area contributed by atoms with Crippen LogP contribution in [0.5, 0.6) is 5.75 Å². The van der Waals surface area contributed by atoms with Gasteiger partial charge in [0.15, 0.2) is 5.78 Å². The van der Waals surface area contributed by atoms with Gasteiger partial charge in [-0.25, -0.2) is 4.79 Å². The third-order valence-corrected chi connectivity index (χ3v) is 3.73. The number of phenols is 1. The molecule has 0 aliphatic rings. The Morgan fingerprint density at radius 3 is 2.37 bits per heavy atom. The lowest BCUT2D eigenvalue weighted by atomic mass is 10.1. The number of methoxy groups -OCH3 is 1.